The van der Waals surface area contributed by atoms with E-state index in [0.717, 1.165) is 24.2 Å². The lowest BCUT2D eigenvalue weighted by Gasteiger charge is -2.31. The Morgan fingerprint density at radius 2 is 1.82 bits per heavy atom. The van der Waals surface area contributed by atoms with Gasteiger partial charge in [-0.2, -0.15) is 0 Å². The Hall–Kier alpha value is -2.87. The van der Waals surface area contributed by atoms with Gasteiger partial charge in [-0.1, -0.05) is 23.7 Å². The number of Topliss-reactive ketones (excluding diaryl/α,β-unsaturated/α-hetero) is 1. The van der Waals surface area contributed by atoms with Crippen LogP contribution in [-0.2, 0) is 14.3 Å². The largest absolute Gasteiger partial charge is 0.507 e. The molecule has 34 heavy (non-hydrogen) atoms. The molecule has 2 aromatic carbocycles. The molecule has 2 aliphatic heterocycles. The summed E-state index contributed by atoms with van der Waals surface area (Å²) >= 11 is 6.09. The van der Waals surface area contributed by atoms with Crippen molar-refractivity contribution in [2.75, 3.05) is 46.0 Å². The molecule has 0 unspecified atom stereocenters. The molecule has 2 heterocycles. The third-order valence-electron chi connectivity index (χ3n) is 6.25. The molecule has 8 heteroatoms. The van der Waals surface area contributed by atoms with Crippen molar-refractivity contribution in [1.82, 2.24) is 9.80 Å². The zero-order valence-electron chi connectivity index (χ0n) is 19.4. The van der Waals surface area contributed by atoms with Gasteiger partial charge in [0.1, 0.15) is 11.5 Å². The third-order valence-corrected chi connectivity index (χ3v) is 6.50. The summed E-state index contributed by atoms with van der Waals surface area (Å²) in [5.41, 5.74) is 2.05. The molecule has 0 aromatic heterocycles. The maximum absolute atomic E-state index is 13.2. The van der Waals surface area contributed by atoms with Gasteiger partial charge in [0.2, 0.25) is 0 Å². The van der Waals surface area contributed by atoms with Crippen LogP contribution in [0.25, 0.3) is 5.76 Å². The summed E-state index contributed by atoms with van der Waals surface area (Å²) in [5, 5.41) is 11.9. The van der Waals surface area contributed by atoms with E-state index < -0.39 is 17.7 Å². The Morgan fingerprint density at radius 3 is 2.47 bits per heavy atom. The van der Waals surface area contributed by atoms with Crippen molar-refractivity contribution < 1.29 is 24.2 Å². The zero-order chi connectivity index (χ0) is 24.2. The highest BCUT2D eigenvalue weighted by Gasteiger charge is 2.46. The van der Waals surface area contributed by atoms with Gasteiger partial charge in [-0.15, -0.1) is 0 Å². The van der Waals surface area contributed by atoms with Crippen LogP contribution >= 0.6 is 11.6 Å². The predicted molar refractivity (Wildman–Crippen MR) is 130 cm³/mol. The lowest BCUT2D eigenvalue weighted by Crippen LogP contribution is -2.42. The molecule has 7 nitrogen and oxygen atoms in total. The van der Waals surface area contributed by atoms with E-state index in [-0.39, 0.29) is 11.3 Å². The molecule has 1 amide bonds. The number of aliphatic hydroxyl groups excluding tert-OH is 1. The van der Waals surface area contributed by atoms with Gasteiger partial charge < -0.3 is 19.5 Å². The van der Waals surface area contributed by atoms with Gasteiger partial charge in [-0.3, -0.25) is 14.5 Å². The van der Waals surface area contributed by atoms with Crippen molar-refractivity contribution in [2.24, 2.45) is 0 Å². The van der Waals surface area contributed by atoms with Gasteiger partial charge in [-0.05, 0) is 55.3 Å². The molecule has 0 bridgehead atoms. The van der Waals surface area contributed by atoms with E-state index in [1.54, 1.807) is 41.3 Å². The van der Waals surface area contributed by atoms with E-state index in [1.165, 1.54) is 0 Å². The van der Waals surface area contributed by atoms with Crippen molar-refractivity contribution >= 4 is 29.1 Å². The van der Waals surface area contributed by atoms with Crippen LogP contribution in [-0.4, -0.2) is 72.6 Å². The van der Waals surface area contributed by atoms with E-state index in [2.05, 4.69) is 4.90 Å². The smallest absolute Gasteiger partial charge is 0.295 e. The summed E-state index contributed by atoms with van der Waals surface area (Å²) in [4.78, 5) is 30.1. The number of nitrogens with zero attached hydrogens (tertiary/aromatic N) is 2. The second kappa shape index (κ2) is 10.6. The second-order valence-electron chi connectivity index (χ2n) is 8.41. The first-order valence-electron chi connectivity index (χ1n) is 11.5. The molecule has 2 aliphatic rings. The summed E-state index contributed by atoms with van der Waals surface area (Å²) < 4.78 is 10.9. The highest BCUT2D eigenvalue weighted by Crippen LogP contribution is 2.40. The molecule has 1 atom stereocenters. The summed E-state index contributed by atoms with van der Waals surface area (Å²) in [6.07, 6.45) is 0. The number of morpholine rings is 1. The first-order chi connectivity index (χ1) is 16.4. The number of aryl methyl sites for hydroxylation is 1. The minimum atomic E-state index is -0.704. The normalized spacial score (nSPS) is 20.7. The van der Waals surface area contributed by atoms with Crippen LogP contribution in [0.2, 0.25) is 5.02 Å². The monoisotopic (exact) mass is 484 g/mol. The van der Waals surface area contributed by atoms with Crippen LogP contribution in [0.1, 0.15) is 29.7 Å². The third kappa shape index (κ3) is 4.97. The van der Waals surface area contributed by atoms with Crippen LogP contribution in [0.5, 0.6) is 5.75 Å². The molecule has 1 N–H and O–H groups in total. The SMILES string of the molecule is CCOc1ccc(C(O)=C2C(=O)C(=O)N(CCN3CCOCC3)[C@H]2c2ccc(Cl)cc2)c(C)c1. The first-order valence-corrected chi connectivity index (χ1v) is 11.9. The summed E-state index contributed by atoms with van der Waals surface area (Å²) in [7, 11) is 0. The number of rotatable bonds is 7. The molecule has 180 valence electrons. The molecule has 0 saturated carbocycles. The fourth-order valence-electron chi connectivity index (χ4n) is 4.48. The summed E-state index contributed by atoms with van der Waals surface area (Å²) in [5.74, 6) is -0.810. The minimum absolute atomic E-state index is 0.0848. The number of benzene rings is 2. The number of aliphatic hydroxyl groups is 1. The molecule has 0 aliphatic carbocycles. The number of halogens is 1. The standard InChI is InChI=1S/C26H29ClN2O5/c1-3-34-20-8-9-21(17(2)16-20)24(30)22-23(18-4-6-19(27)7-5-18)29(26(32)25(22)31)11-10-28-12-14-33-15-13-28/h4-9,16,23,30H,3,10-15H2,1-2H3/t23-/m0/s1. The number of hydrogen-bond acceptors (Lipinski definition) is 6. The number of hydrogen-bond donors (Lipinski definition) is 1. The lowest BCUT2D eigenvalue weighted by molar-refractivity contribution is -0.140. The average Bonchev–Trinajstić information content (AvgIpc) is 3.08. The second-order valence-corrected chi connectivity index (χ2v) is 8.84. The fraction of sp³-hybridized carbons (Fsp3) is 0.385. The molecular weight excluding hydrogens is 456 g/mol. The van der Waals surface area contributed by atoms with Crippen LogP contribution < -0.4 is 4.74 Å². The molecule has 4 rings (SSSR count). The van der Waals surface area contributed by atoms with Gasteiger partial charge in [0, 0.05) is 36.8 Å². The Labute approximate surface area is 204 Å². The maximum Gasteiger partial charge on any atom is 0.295 e. The zero-order valence-corrected chi connectivity index (χ0v) is 20.2. The Balaban J connectivity index is 1.74. The van der Waals surface area contributed by atoms with Crippen molar-refractivity contribution in [3.63, 3.8) is 0 Å². The molecule has 2 aromatic rings. The van der Waals surface area contributed by atoms with Crippen molar-refractivity contribution in [3.05, 3.63) is 69.8 Å². The van der Waals surface area contributed by atoms with Crippen LogP contribution in [0.15, 0.2) is 48.0 Å². The first kappa shape index (κ1) is 24.3. The number of amides is 1. The van der Waals surface area contributed by atoms with Crippen LogP contribution in [0.4, 0.5) is 0 Å². The molecular formula is C26H29ClN2O5. The van der Waals surface area contributed by atoms with E-state index in [4.69, 9.17) is 21.1 Å². The van der Waals surface area contributed by atoms with Crippen molar-refractivity contribution in [3.8, 4) is 5.75 Å². The number of carbonyl (C=O) groups excluding carboxylic acids is 2. The molecule has 2 saturated heterocycles. The van der Waals surface area contributed by atoms with E-state index in [1.807, 2.05) is 19.9 Å². The Bertz CT molecular complexity index is 1090. The maximum atomic E-state index is 13.2. The number of ether oxygens (including phenoxy) is 2. The molecule has 0 radical (unpaired) electrons. The minimum Gasteiger partial charge on any atom is -0.507 e. The predicted octanol–water partition coefficient (Wildman–Crippen LogP) is 3.80. The van der Waals surface area contributed by atoms with Crippen LogP contribution in [0.3, 0.4) is 0 Å². The topological polar surface area (TPSA) is 79.3 Å². The lowest BCUT2D eigenvalue weighted by atomic mass is 9.94. The quantitative estimate of drug-likeness (QED) is 0.366. The molecule has 0 spiro atoms. The number of ketones is 1. The van der Waals surface area contributed by atoms with Gasteiger partial charge in [0.25, 0.3) is 11.7 Å². The highest BCUT2D eigenvalue weighted by atomic mass is 35.5. The Kier molecular flexibility index (Phi) is 7.56. The van der Waals surface area contributed by atoms with Gasteiger partial charge in [0.05, 0.1) is 31.4 Å². The summed E-state index contributed by atoms with van der Waals surface area (Å²) in [6, 6.07) is 11.6. The highest BCUT2D eigenvalue weighted by molar-refractivity contribution is 6.46. The number of carbonyl (C=O) groups is 2. The molecule has 2 fully saturated rings. The van der Waals surface area contributed by atoms with Crippen molar-refractivity contribution in [1.29, 1.82) is 0 Å². The van der Waals surface area contributed by atoms with Gasteiger partial charge in [-0.25, -0.2) is 0 Å². The van der Waals surface area contributed by atoms with E-state index in [9.17, 15) is 14.7 Å². The van der Waals surface area contributed by atoms with Crippen molar-refractivity contribution in [2.45, 2.75) is 19.9 Å². The van der Waals surface area contributed by atoms with E-state index >= 15 is 0 Å². The summed E-state index contributed by atoms with van der Waals surface area (Å²) in [6.45, 7) is 8.08. The number of likely N-dealkylation sites (tertiary alicyclic amines) is 1. The van der Waals surface area contributed by atoms with Gasteiger partial charge >= 0.3 is 0 Å². The van der Waals surface area contributed by atoms with E-state index in [0.29, 0.717) is 49.2 Å². The fourth-order valence-corrected chi connectivity index (χ4v) is 4.61. The Morgan fingerprint density at radius 1 is 1.12 bits per heavy atom. The van der Waals surface area contributed by atoms with Crippen LogP contribution in [0, 0.1) is 6.92 Å². The average molecular weight is 485 g/mol. The van der Waals surface area contributed by atoms with Gasteiger partial charge in [0.15, 0.2) is 0 Å².